The first-order chi connectivity index (χ1) is 14.0. The summed E-state index contributed by atoms with van der Waals surface area (Å²) in [7, 11) is 3.10. The lowest BCUT2D eigenvalue weighted by Crippen LogP contribution is -2.25. The van der Waals surface area contributed by atoms with Crippen LogP contribution in [0, 0.1) is 0 Å². The third kappa shape index (κ3) is 3.18. The molecule has 0 spiro atoms. The largest absolute Gasteiger partial charge is 0.497 e. The number of aromatic carboxylic acids is 1. The van der Waals surface area contributed by atoms with Crippen LogP contribution in [0.15, 0.2) is 48.9 Å². The van der Waals surface area contributed by atoms with Crippen molar-refractivity contribution in [2.45, 2.75) is 12.3 Å². The third-order valence-electron chi connectivity index (χ3n) is 4.99. The summed E-state index contributed by atoms with van der Waals surface area (Å²) in [6, 6.07) is 8.94. The van der Waals surface area contributed by atoms with Gasteiger partial charge in [0.25, 0.3) is 0 Å². The van der Waals surface area contributed by atoms with Gasteiger partial charge in [0, 0.05) is 37.0 Å². The Morgan fingerprint density at radius 3 is 2.76 bits per heavy atom. The number of anilines is 1. The third-order valence-corrected chi connectivity index (χ3v) is 4.99. The second kappa shape index (κ2) is 7.31. The molecule has 8 heteroatoms. The number of nitrogens with one attached hydrogen (secondary N) is 1. The zero-order chi connectivity index (χ0) is 20.5. The molecule has 0 fully saturated rings. The van der Waals surface area contributed by atoms with Gasteiger partial charge in [0.05, 0.1) is 31.3 Å². The van der Waals surface area contributed by atoms with E-state index in [4.69, 9.17) is 9.47 Å². The van der Waals surface area contributed by atoms with Crippen molar-refractivity contribution in [3.8, 4) is 17.2 Å². The van der Waals surface area contributed by atoms with Crippen molar-refractivity contribution in [3.63, 3.8) is 0 Å². The average molecular weight is 393 g/mol. The number of hydrogen-bond donors (Lipinski definition) is 2. The molecule has 8 nitrogen and oxygen atoms in total. The van der Waals surface area contributed by atoms with Crippen LogP contribution < -0.4 is 14.8 Å². The summed E-state index contributed by atoms with van der Waals surface area (Å²) in [5, 5.41) is 12.5. The Labute approximate surface area is 166 Å². The summed E-state index contributed by atoms with van der Waals surface area (Å²) in [6.07, 6.45) is 5.01. The van der Waals surface area contributed by atoms with Gasteiger partial charge in [-0.05, 0) is 23.8 Å². The van der Waals surface area contributed by atoms with Gasteiger partial charge >= 0.3 is 5.97 Å². The minimum absolute atomic E-state index is 0.00631. The number of carboxylic acid groups (broad SMARTS) is 1. The van der Waals surface area contributed by atoms with E-state index in [1.165, 1.54) is 6.20 Å². The number of amides is 1. The van der Waals surface area contributed by atoms with E-state index in [1.807, 2.05) is 6.07 Å². The van der Waals surface area contributed by atoms with Crippen LogP contribution >= 0.6 is 0 Å². The Morgan fingerprint density at radius 1 is 1.28 bits per heavy atom. The number of hydrogen-bond acceptors (Lipinski definition) is 5. The van der Waals surface area contributed by atoms with Crippen molar-refractivity contribution in [1.82, 2.24) is 9.55 Å². The molecule has 1 aliphatic heterocycles. The topological polar surface area (TPSA) is 103 Å². The zero-order valence-corrected chi connectivity index (χ0v) is 15.9. The van der Waals surface area contributed by atoms with Gasteiger partial charge in [0.15, 0.2) is 0 Å². The molecule has 0 saturated carbocycles. The summed E-state index contributed by atoms with van der Waals surface area (Å²) < 4.78 is 12.6. The van der Waals surface area contributed by atoms with Crippen LogP contribution in [0.1, 0.15) is 34.0 Å². The maximum atomic E-state index is 12.4. The SMILES string of the molecule is COc1ccc(OC)c(-n2cc(C(=O)O)c3c2[C@@H](c2cccnc2)CC(=O)N3)c1. The monoisotopic (exact) mass is 393 g/mol. The van der Waals surface area contributed by atoms with E-state index in [0.29, 0.717) is 22.9 Å². The molecule has 0 radical (unpaired) electrons. The van der Waals surface area contributed by atoms with E-state index in [1.54, 1.807) is 55.4 Å². The van der Waals surface area contributed by atoms with Crippen molar-refractivity contribution in [3.05, 3.63) is 65.7 Å². The van der Waals surface area contributed by atoms with Gasteiger partial charge in [-0.1, -0.05) is 6.07 Å². The van der Waals surface area contributed by atoms with E-state index < -0.39 is 5.97 Å². The van der Waals surface area contributed by atoms with E-state index >= 15 is 0 Å². The fraction of sp³-hybridized carbons (Fsp3) is 0.190. The fourth-order valence-electron chi connectivity index (χ4n) is 3.67. The lowest BCUT2D eigenvalue weighted by molar-refractivity contribution is -0.116. The van der Waals surface area contributed by atoms with E-state index in [0.717, 1.165) is 5.56 Å². The summed E-state index contributed by atoms with van der Waals surface area (Å²) >= 11 is 0. The molecule has 1 amide bonds. The highest BCUT2D eigenvalue weighted by molar-refractivity contribution is 6.04. The molecular formula is C21H19N3O5. The van der Waals surface area contributed by atoms with Crippen LogP contribution in [0.25, 0.3) is 5.69 Å². The summed E-state index contributed by atoms with van der Waals surface area (Å²) in [6.45, 7) is 0. The number of rotatable bonds is 5. The maximum absolute atomic E-state index is 12.4. The zero-order valence-electron chi connectivity index (χ0n) is 15.9. The van der Waals surface area contributed by atoms with Gasteiger partial charge in [-0.3, -0.25) is 9.78 Å². The molecule has 0 unspecified atom stereocenters. The summed E-state index contributed by atoms with van der Waals surface area (Å²) in [5.41, 5.74) is 2.38. The van der Waals surface area contributed by atoms with Crippen LogP contribution in [0.3, 0.4) is 0 Å². The summed E-state index contributed by atoms with van der Waals surface area (Å²) in [5.74, 6) is -0.602. The Hall–Kier alpha value is -3.81. The number of aromatic nitrogens is 2. The number of pyridine rings is 1. The molecular weight excluding hydrogens is 374 g/mol. The van der Waals surface area contributed by atoms with Crippen LogP contribution in [-0.2, 0) is 4.79 Å². The van der Waals surface area contributed by atoms with Crippen LogP contribution in [0.4, 0.5) is 5.69 Å². The predicted molar refractivity (Wildman–Crippen MR) is 105 cm³/mol. The van der Waals surface area contributed by atoms with E-state index in [9.17, 15) is 14.7 Å². The normalized spacial score (nSPS) is 15.4. The molecule has 1 aromatic carbocycles. The van der Waals surface area contributed by atoms with Crippen molar-refractivity contribution in [2.24, 2.45) is 0 Å². The van der Waals surface area contributed by atoms with Gasteiger partial charge < -0.3 is 24.5 Å². The molecule has 0 saturated heterocycles. The number of ether oxygens (including phenoxy) is 2. The van der Waals surface area contributed by atoms with Crippen molar-refractivity contribution in [2.75, 3.05) is 19.5 Å². The number of carbonyl (C=O) groups is 2. The second-order valence-corrected chi connectivity index (χ2v) is 6.61. The van der Waals surface area contributed by atoms with Gasteiger partial charge in [0.1, 0.15) is 17.1 Å². The fourth-order valence-corrected chi connectivity index (χ4v) is 3.67. The number of benzene rings is 1. The van der Waals surface area contributed by atoms with Crippen molar-refractivity contribution < 1.29 is 24.2 Å². The average Bonchev–Trinajstić information content (AvgIpc) is 3.12. The highest BCUT2D eigenvalue weighted by Gasteiger charge is 2.35. The lowest BCUT2D eigenvalue weighted by Gasteiger charge is -2.26. The molecule has 1 atom stereocenters. The highest BCUT2D eigenvalue weighted by Crippen LogP contribution is 2.43. The van der Waals surface area contributed by atoms with E-state index in [-0.39, 0.29) is 29.5 Å². The first-order valence-corrected chi connectivity index (χ1v) is 8.94. The maximum Gasteiger partial charge on any atom is 0.339 e. The van der Waals surface area contributed by atoms with Gasteiger partial charge in [-0.2, -0.15) is 0 Å². The standard InChI is InChI=1S/C21H19N3O5/c1-28-13-5-6-17(29-2)16(8-13)24-11-15(21(26)27)19-20(24)14(9-18(25)23-19)12-4-3-7-22-10-12/h3-8,10-11,14H,9H2,1-2H3,(H,23,25)(H,26,27)/t14-/m1/s1. The van der Waals surface area contributed by atoms with Gasteiger partial charge in [-0.25, -0.2) is 4.79 Å². The minimum Gasteiger partial charge on any atom is -0.497 e. The Kier molecular flexibility index (Phi) is 4.67. The van der Waals surface area contributed by atoms with Crippen molar-refractivity contribution >= 4 is 17.6 Å². The number of carboxylic acids is 1. The van der Waals surface area contributed by atoms with Crippen molar-refractivity contribution in [1.29, 1.82) is 0 Å². The number of carbonyl (C=O) groups excluding carboxylic acids is 1. The van der Waals surface area contributed by atoms with Gasteiger partial charge in [-0.15, -0.1) is 0 Å². The number of nitrogens with zero attached hydrogens (tertiary/aromatic N) is 2. The second-order valence-electron chi connectivity index (χ2n) is 6.61. The molecule has 2 aromatic heterocycles. The Bertz CT molecular complexity index is 1090. The van der Waals surface area contributed by atoms with E-state index in [2.05, 4.69) is 10.3 Å². The first kappa shape index (κ1) is 18.5. The molecule has 0 bridgehead atoms. The van der Waals surface area contributed by atoms with Crippen LogP contribution in [-0.4, -0.2) is 40.8 Å². The number of methoxy groups -OCH3 is 2. The quantitative estimate of drug-likeness (QED) is 0.691. The number of fused-ring (bicyclic) bond motifs is 1. The van der Waals surface area contributed by atoms with Crippen LogP contribution in [0.5, 0.6) is 11.5 Å². The molecule has 3 aromatic rings. The molecule has 3 heterocycles. The predicted octanol–water partition coefficient (Wildman–Crippen LogP) is 3.06. The molecule has 0 aliphatic carbocycles. The Balaban J connectivity index is 2.01. The molecule has 148 valence electrons. The summed E-state index contributed by atoms with van der Waals surface area (Å²) in [4.78, 5) is 28.4. The minimum atomic E-state index is -1.13. The van der Waals surface area contributed by atoms with Crippen LogP contribution in [0.2, 0.25) is 0 Å². The first-order valence-electron chi connectivity index (χ1n) is 8.94. The molecule has 4 rings (SSSR count). The lowest BCUT2D eigenvalue weighted by atomic mass is 9.89. The molecule has 1 aliphatic rings. The molecule has 29 heavy (non-hydrogen) atoms. The highest BCUT2D eigenvalue weighted by atomic mass is 16.5. The smallest absolute Gasteiger partial charge is 0.339 e. The molecule has 2 N–H and O–H groups in total. The van der Waals surface area contributed by atoms with Gasteiger partial charge in [0.2, 0.25) is 5.91 Å². The Morgan fingerprint density at radius 2 is 2.10 bits per heavy atom.